The number of ether oxygens (including phenoxy) is 1. The zero-order valence-corrected chi connectivity index (χ0v) is 20.7. The zero-order chi connectivity index (χ0) is 26.3. The number of aromatic nitrogens is 2. The first-order valence-electron chi connectivity index (χ1n) is 11.8. The van der Waals surface area contributed by atoms with Crippen LogP contribution >= 0.6 is 0 Å². The lowest BCUT2D eigenvalue weighted by Gasteiger charge is -2.37. The van der Waals surface area contributed by atoms with Gasteiger partial charge in [-0.05, 0) is 42.5 Å². The van der Waals surface area contributed by atoms with Crippen molar-refractivity contribution in [1.82, 2.24) is 19.2 Å². The maximum atomic E-state index is 13.6. The first-order chi connectivity index (χ1) is 17.8. The fourth-order valence-corrected chi connectivity index (χ4v) is 4.55. The van der Waals surface area contributed by atoms with Crippen molar-refractivity contribution in [3.05, 3.63) is 70.2 Å². The number of hydrogen-bond acceptors (Lipinski definition) is 8. The molecule has 0 spiro atoms. The van der Waals surface area contributed by atoms with Gasteiger partial charge in [-0.15, -0.1) is 0 Å². The summed E-state index contributed by atoms with van der Waals surface area (Å²) in [5, 5.41) is 0. The fourth-order valence-electron chi connectivity index (χ4n) is 4.55. The second kappa shape index (κ2) is 9.41. The molecule has 4 heterocycles. The van der Waals surface area contributed by atoms with Gasteiger partial charge in [0.15, 0.2) is 0 Å². The van der Waals surface area contributed by atoms with Crippen LogP contribution in [0.3, 0.4) is 0 Å². The summed E-state index contributed by atoms with van der Waals surface area (Å²) in [7, 11) is 4.22. The predicted octanol–water partition coefficient (Wildman–Crippen LogP) is 1.46. The smallest absolute Gasteiger partial charge is 0.333 e. The molecule has 0 radical (unpaired) electrons. The Kier molecular flexibility index (Phi) is 6.12. The van der Waals surface area contributed by atoms with Crippen LogP contribution in [0.4, 0.5) is 16.3 Å². The van der Waals surface area contributed by atoms with Crippen LogP contribution in [0.25, 0.3) is 11.7 Å². The molecule has 1 aromatic carbocycles. The summed E-state index contributed by atoms with van der Waals surface area (Å²) in [5.41, 5.74) is 0.955. The van der Waals surface area contributed by atoms with Crippen LogP contribution in [-0.2, 0) is 9.59 Å². The molecular formula is C26H26N6O5. The van der Waals surface area contributed by atoms with E-state index in [-0.39, 0.29) is 11.1 Å². The Hall–Kier alpha value is -4.67. The number of piperazine rings is 1. The summed E-state index contributed by atoms with van der Waals surface area (Å²) < 4.78 is 6.62. The third-order valence-corrected chi connectivity index (χ3v) is 6.70. The lowest BCUT2D eigenvalue weighted by atomic mass is 10.1. The number of methoxy groups -OCH3 is 1. The van der Waals surface area contributed by atoms with Gasteiger partial charge in [-0.1, -0.05) is 6.07 Å². The minimum atomic E-state index is -0.763. The van der Waals surface area contributed by atoms with E-state index >= 15 is 0 Å². The SMILES string of the molecule is COc1ccc(N2CCN(c3nc4ccccn4c(=O)c3C=C3C(=O)N(C)C(=O)N(C)C3=O)CC2)cc1. The molecule has 2 aromatic heterocycles. The Morgan fingerprint density at radius 2 is 1.46 bits per heavy atom. The fraction of sp³-hybridized carbons (Fsp3) is 0.269. The van der Waals surface area contributed by atoms with Crippen LogP contribution < -0.4 is 20.1 Å². The van der Waals surface area contributed by atoms with Gasteiger partial charge in [0.25, 0.3) is 17.4 Å². The number of amides is 4. The quantitative estimate of drug-likeness (QED) is 0.390. The average Bonchev–Trinajstić information content (AvgIpc) is 2.94. The van der Waals surface area contributed by atoms with Crippen LogP contribution in [0.5, 0.6) is 5.75 Å². The van der Waals surface area contributed by atoms with Crippen molar-refractivity contribution in [2.75, 3.05) is 57.2 Å². The molecule has 0 unspecified atom stereocenters. The lowest BCUT2D eigenvalue weighted by Crippen LogP contribution is -2.53. The molecule has 0 bridgehead atoms. The third-order valence-electron chi connectivity index (χ3n) is 6.70. The molecule has 11 nitrogen and oxygen atoms in total. The highest BCUT2D eigenvalue weighted by Gasteiger charge is 2.38. The second-order valence-corrected chi connectivity index (χ2v) is 8.82. The van der Waals surface area contributed by atoms with E-state index in [2.05, 4.69) is 4.90 Å². The number of benzene rings is 1. The Bertz CT molecular complexity index is 1460. The lowest BCUT2D eigenvalue weighted by molar-refractivity contribution is -0.134. The Labute approximate surface area is 212 Å². The maximum absolute atomic E-state index is 13.6. The first kappa shape index (κ1) is 24.0. The van der Waals surface area contributed by atoms with Crippen LogP contribution in [-0.4, -0.2) is 84.4 Å². The summed E-state index contributed by atoms with van der Waals surface area (Å²) >= 11 is 0. The van der Waals surface area contributed by atoms with Gasteiger partial charge in [-0.25, -0.2) is 9.78 Å². The average molecular weight is 503 g/mol. The number of hydrogen-bond donors (Lipinski definition) is 0. The molecule has 2 fully saturated rings. The number of likely N-dealkylation sites (N-methyl/N-ethyl adjacent to an activating group) is 2. The predicted molar refractivity (Wildman–Crippen MR) is 138 cm³/mol. The number of anilines is 2. The van der Waals surface area contributed by atoms with Gasteiger partial charge in [0.1, 0.15) is 22.8 Å². The number of imide groups is 2. The van der Waals surface area contributed by atoms with Gasteiger partial charge in [-0.2, -0.15) is 0 Å². The van der Waals surface area contributed by atoms with E-state index in [0.717, 1.165) is 21.2 Å². The van der Waals surface area contributed by atoms with E-state index in [9.17, 15) is 19.2 Å². The van der Waals surface area contributed by atoms with Crippen molar-refractivity contribution in [2.24, 2.45) is 0 Å². The number of pyridine rings is 1. The number of urea groups is 1. The van der Waals surface area contributed by atoms with Gasteiger partial charge in [0, 0.05) is 52.2 Å². The van der Waals surface area contributed by atoms with E-state index in [4.69, 9.17) is 9.72 Å². The molecule has 0 saturated carbocycles. The molecule has 37 heavy (non-hydrogen) atoms. The molecule has 0 atom stereocenters. The second-order valence-electron chi connectivity index (χ2n) is 8.82. The van der Waals surface area contributed by atoms with E-state index in [0.29, 0.717) is 37.6 Å². The Morgan fingerprint density at radius 1 is 0.838 bits per heavy atom. The number of nitrogens with zero attached hydrogens (tertiary/aromatic N) is 6. The molecule has 2 saturated heterocycles. The normalized spacial score (nSPS) is 16.6. The Balaban J connectivity index is 1.53. The number of rotatable bonds is 4. The minimum Gasteiger partial charge on any atom is -0.497 e. The van der Waals surface area contributed by atoms with Crippen LogP contribution in [0.15, 0.2) is 59.0 Å². The van der Waals surface area contributed by atoms with Crippen molar-refractivity contribution in [1.29, 1.82) is 0 Å². The molecule has 4 amide bonds. The van der Waals surface area contributed by atoms with E-state index < -0.39 is 23.4 Å². The summed E-state index contributed by atoms with van der Waals surface area (Å²) in [6.45, 7) is 2.49. The molecular weight excluding hydrogens is 476 g/mol. The van der Waals surface area contributed by atoms with E-state index in [1.54, 1.807) is 31.5 Å². The van der Waals surface area contributed by atoms with Crippen LogP contribution in [0.2, 0.25) is 0 Å². The third kappa shape index (κ3) is 4.18. The summed E-state index contributed by atoms with van der Waals surface area (Å²) in [5.74, 6) is -0.353. The molecule has 190 valence electrons. The molecule has 5 rings (SSSR count). The molecule has 11 heteroatoms. The van der Waals surface area contributed by atoms with Crippen molar-refractivity contribution in [2.45, 2.75) is 0 Å². The molecule has 3 aromatic rings. The highest BCUT2D eigenvalue weighted by molar-refractivity contribution is 6.30. The minimum absolute atomic E-state index is 0.120. The van der Waals surface area contributed by atoms with Crippen molar-refractivity contribution < 1.29 is 19.1 Å². The number of fused-ring (bicyclic) bond motifs is 1. The van der Waals surface area contributed by atoms with Gasteiger partial charge < -0.3 is 14.5 Å². The first-order valence-corrected chi connectivity index (χ1v) is 11.8. The van der Waals surface area contributed by atoms with Crippen molar-refractivity contribution in [3.63, 3.8) is 0 Å². The maximum Gasteiger partial charge on any atom is 0.333 e. The van der Waals surface area contributed by atoms with Crippen molar-refractivity contribution >= 4 is 41.1 Å². The molecule has 0 N–H and O–H groups in total. The molecule has 2 aliphatic rings. The van der Waals surface area contributed by atoms with Gasteiger partial charge >= 0.3 is 6.03 Å². The van der Waals surface area contributed by atoms with Gasteiger partial charge in [0.05, 0.1) is 12.7 Å². The highest BCUT2D eigenvalue weighted by Crippen LogP contribution is 2.26. The number of carbonyl (C=O) groups excluding carboxylic acids is 3. The van der Waals surface area contributed by atoms with Crippen LogP contribution in [0.1, 0.15) is 5.56 Å². The number of barbiturate groups is 1. The monoisotopic (exact) mass is 502 g/mol. The largest absolute Gasteiger partial charge is 0.497 e. The topological polar surface area (TPSA) is 108 Å². The standard InChI is InChI=1S/C26H26N6O5/c1-28-23(33)20(24(34)29(2)26(28)36)16-19-22(27-21-6-4-5-11-32(21)25(19)35)31-14-12-30(13-15-31)17-7-9-18(37-3)10-8-17/h4-11,16H,12-15H2,1-3H3. The molecule has 2 aliphatic heterocycles. The highest BCUT2D eigenvalue weighted by atomic mass is 16.5. The van der Waals surface area contributed by atoms with E-state index in [1.807, 2.05) is 29.2 Å². The van der Waals surface area contributed by atoms with Crippen molar-refractivity contribution in [3.8, 4) is 5.75 Å². The van der Waals surface area contributed by atoms with Gasteiger partial charge in [-0.3, -0.25) is 28.6 Å². The number of carbonyl (C=O) groups is 3. The van der Waals surface area contributed by atoms with Crippen LogP contribution in [0, 0.1) is 0 Å². The van der Waals surface area contributed by atoms with Gasteiger partial charge in [0.2, 0.25) is 0 Å². The van der Waals surface area contributed by atoms with E-state index in [1.165, 1.54) is 24.6 Å². The Morgan fingerprint density at radius 3 is 2.08 bits per heavy atom. The molecule has 0 aliphatic carbocycles. The zero-order valence-electron chi connectivity index (χ0n) is 20.7. The summed E-state index contributed by atoms with van der Waals surface area (Å²) in [6, 6.07) is 12.3. The summed E-state index contributed by atoms with van der Waals surface area (Å²) in [4.78, 5) is 62.1. The summed E-state index contributed by atoms with van der Waals surface area (Å²) in [6.07, 6.45) is 2.86.